The molecule has 0 fully saturated rings. The van der Waals surface area contributed by atoms with Gasteiger partial charge in [0.05, 0.1) is 14.9 Å². The number of hydrogen-bond donors (Lipinski definition) is 0. The van der Waals surface area contributed by atoms with Crippen LogP contribution in [0.3, 0.4) is 0 Å². The zero-order chi connectivity index (χ0) is 2.71. The van der Waals surface area contributed by atoms with Crippen LogP contribution in [0.5, 0.6) is 0 Å². The average Bonchev–Trinajstić information content (AvgIpc) is 0.918. The predicted octanol–water partition coefficient (Wildman–Crippen LogP) is -2.75. The second-order valence-corrected chi connectivity index (χ2v) is 2.12. The first kappa shape index (κ1) is 8.88. The van der Waals surface area contributed by atoms with Crippen molar-refractivity contribution in [2.75, 3.05) is 0 Å². The van der Waals surface area contributed by atoms with Crippen molar-refractivity contribution in [3.8, 4) is 0 Å². The van der Waals surface area contributed by atoms with Crippen molar-refractivity contribution >= 4 is 24.1 Å². The summed E-state index contributed by atoms with van der Waals surface area (Å²) >= 11 is 0. The van der Waals surface area contributed by atoms with Gasteiger partial charge in [0.2, 0.25) is 0 Å². The van der Waals surface area contributed by atoms with E-state index in [2.05, 4.69) is 14.9 Å². The van der Waals surface area contributed by atoms with Crippen LogP contribution in [0.25, 0.3) is 0 Å². The minimum atomic E-state index is 0. The fourth-order valence-electron chi connectivity index (χ4n) is 0. The second-order valence-electron chi connectivity index (χ2n) is 0.707. The van der Waals surface area contributed by atoms with Crippen LogP contribution in [0.2, 0.25) is 0 Å². The fourth-order valence-corrected chi connectivity index (χ4v) is 0. The van der Waals surface area contributed by atoms with Crippen LogP contribution in [0.15, 0.2) is 0 Å². The molecule has 0 aromatic carbocycles. The van der Waals surface area contributed by atoms with Gasteiger partial charge >= 0.3 is 0 Å². The molecule has 4 heavy (non-hydrogen) atoms. The Labute approximate surface area is 44.0 Å². The molecule has 0 bridgehead atoms. The van der Waals surface area contributed by atoms with Crippen molar-refractivity contribution in [1.29, 1.82) is 0 Å². The standard InChI is InChI=1S/B2H6Si.Zn/c1-3-2;/h1-3H2;. The summed E-state index contributed by atoms with van der Waals surface area (Å²) in [7, 11) is 4.94. The maximum Gasteiger partial charge on any atom is 0.0814 e. The summed E-state index contributed by atoms with van der Waals surface area (Å²) in [5.74, 6) is 0. The fraction of sp³-hybridized carbons (Fsp3) is 0. The van der Waals surface area contributed by atoms with E-state index < -0.39 is 0 Å². The summed E-state index contributed by atoms with van der Waals surface area (Å²) in [4.78, 5) is 0. The molecular formula is H6B2SiZn. The molecule has 0 heterocycles. The van der Waals surface area contributed by atoms with E-state index in [1.807, 2.05) is 0 Å². The zero-order valence-electron chi connectivity index (χ0n) is 3.41. The summed E-state index contributed by atoms with van der Waals surface area (Å²) < 4.78 is 0. The molecule has 0 amide bonds. The molecule has 0 radical (unpaired) electrons. The van der Waals surface area contributed by atoms with Gasteiger partial charge in [-0.15, -0.1) is 0 Å². The van der Waals surface area contributed by atoms with Gasteiger partial charge in [0.15, 0.2) is 0 Å². The van der Waals surface area contributed by atoms with Gasteiger partial charge in [-0.3, -0.25) is 0 Å². The molecule has 0 unspecified atom stereocenters. The van der Waals surface area contributed by atoms with Gasteiger partial charge in [-0.25, -0.2) is 0 Å². The van der Waals surface area contributed by atoms with E-state index in [4.69, 9.17) is 0 Å². The van der Waals surface area contributed by atoms with Crippen molar-refractivity contribution in [1.82, 2.24) is 0 Å². The Morgan fingerprint density at radius 3 is 1.25 bits per heavy atom. The summed E-state index contributed by atoms with van der Waals surface area (Å²) in [6, 6.07) is 0. The largest absolute Gasteiger partial charge is 0.0814 e. The minimum Gasteiger partial charge on any atom is -0.0456 e. The summed E-state index contributed by atoms with van der Waals surface area (Å²) in [6.45, 7) is 0. The van der Waals surface area contributed by atoms with Crippen molar-refractivity contribution in [3.05, 3.63) is 0 Å². The van der Waals surface area contributed by atoms with E-state index >= 15 is 0 Å². The zero-order valence-corrected chi connectivity index (χ0v) is 7.80. The first-order chi connectivity index (χ1) is 1.41. The monoisotopic (exact) mass is 120 g/mol. The van der Waals surface area contributed by atoms with E-state index in [1.54, 1.807) is 0 Å². The molecule has 0 aliphatic carbocycles. The molecule has 0 aliphatic heterocycles. The third-order valence-corrected chi connectivity index (χ3v) is 0. The van der Waals surface area contributed by atoms with Crippen molar-refractivity contribution in [2.45, 2.75) is 0 Å². The van der Waals surface area contributed by atoms with Crippen LogP contribution in [0, 0.1) is 0 Å². The average molecular weight is 121 g/mol. The molecule has 0 aliphatic rings. The predicted molar refractivity (Wildman–Crippen MR) is 25.6 cm³/mol. The maximum absolute atomic E-state index is 2.26. The van der Waals surface area contributed by atoms with E-state index in [0.717, 1.165) is 0 Å². The molecule has 0 nitrogen and oxygen atoms in total. The SMILES string of the molecule is B[SiH2]B.[Zn]. The second kappa shape index (κ2) is 9.02. The molecule has 0 aromatic rings. The Hall–Kier alpha value is 0.970. The molecule has 0 saturated carbocycles. The quantitative estimate of drug-likeness (QED) is 0.305. The molecule has 0 N–H and O–H groups in total. The maximum atomic E-state index is 2.26. The third-order valence-electron chi connectivity index (χ3n) is 0. The van der Waals surface area contributed by atoms with Gasteiger partial charge in [0.1, 0.15) is 0 Å². The molecule has 0 saturated heterocycles. The van der Waals surface area contributed by atoms with Crippen molar-refractivity contribution in [2.24, 2.45) is 0 Å². The van der Waals surface area contributed by atoms with Gasteiger partial charge in [0, 0.05) is 19.5 Å². The van der Waals surface area contributed by atoms with Crippen molar-refractivity contribution < 1.29 is 19.5 Å². The van der Waals surface area contributed by atoms with E-state index in [9.17, 15) is 0 Å². The molecule has 0 aromatic heterocycles. The number of hydrogen-bond acceptors (Lipinski definition) is 0. The molecule has 18 valence electrons. The Balaban J connectivity index is 0. The Morgan fingerprint density at radius 2 is 1.25 bits per heavy atom. The van der Waals surface area contributed by atoms with Gasteiger partial charge < -0.3 is 0 Å². The van der Waals surface area contributed by atoms with Crippen LogP contribution < -0.4 is 0 Å². The van der Waals surface area contributed by atoms with E-state index in [1.165, 1.54) is 0 Å². The third kappa shape index (κ3) is 12.2. The van der Waals surface area contributed by atoms with Crippen molar-refractivity contribution in [3.63, 3.8) is 0 Å². The smallest absolute Gasteiger partial charge is 0.0456 e. The van der Waals surface area contributed by atoms with Gasteiger partial charge in [0.25, 0.3) is 0 Å². The van der Waals surface area contributed by atoms with E-state index in [-0.39, 0.29) is 19.5 Å². The minimum absolute atomic E-state index is 0. The first-order valence-corrected chi connectivity index (χ1v) is 4.24. The molecule has 0 rings (SSSR count). The summed E-state index contributed by atoms with van der Waals surface area (Å²) in [5, 5.41) is 0. The van der Waals surface area contributed by atoms with Gasteiger partial charge in [-0.1, -0.05) is 0 Å². The van der Waals surface area contributed by atoms with E-state index in [0.29, 0.717) is 9.26 Å². The van der Waals surface area contributed by atoms with Crippen LogP contribution in [-0.2, 0) is 19.5 Å². The van der Waals surface area contributed by atoms with Crippen LogP contribution in [0.4, 0.5) is 0 Å². The van der Waals surface area contributed by atoms with Crippen LogP contribution in [0.1, 0.15) is 0 Å². The van der Waals surface area contributed by atoms with Crippen LogP contribution >= 0.6 is 0 Å². The number of rotatable bonds is 0. The summed E-state index contributed by atoms with van der Waals surface area (Å²) in [6.07, 6.45) is 0. The molecule has 0 spiro atoms. The molecule has 0 atom stereocenters. The van der Waals surface area contributed by atoms with Gasteiger partial charge in [-0.05, 0) is 9.26 Å². The Kier molecular flexibility index (Phi) is 20.0. The topological polar surface area (TPSA) is 0 Å². The first-order valence-electron chi connectivity index (χ1n) is 1.41. The normalized spacial score (nSPS) is 4.00. The Bertz CT molecular complexity index is 6.00. The molecular weight excluding hydrogens is 115 g/mol. The summed E-state index contributed by atoms with van der Waals surface area (Å²) in [5.41, 5.74) is 0. The molecule has 4 heteroatoms. The van der Waals surface area contributed by atoms with Crippen LogP contribution in [-0.4, -0.2) is 24.1 Å². The van der Waals surface area contributed by atoms with Gasteiger partial charge in [-0.2, -0.15) is 0 Å². The Morgan fingerprint density at radius 1 is 1.25 bits per heavy atom.